The summed E-state index contributed by atoms with van der Waals surface area (Å²) >= 11 is 0. The van der Waals surface area contributed by atoms with Gasteiger partial charge >= 0.3 is 0 Å². The van der Waals surface area contributed by atoms with Gasteiger partial charge in [-0.05, 0) is 37.5 Å². The van der Waals surface area contributed by atoms with Crippen LogP contribution in [0.25, 0.3) is 5.65 Å². The van der Waals surface area contributed by atoms with Gasteiger partial charge in [0, 0.05) is 25.0 Å². The molecular formula is C18H21N3. The van der Waals surface area contributed by atoms with E-state index in [1.165, 1.54) is 5.56 Å². The van der Waals surface area contributed by atoms with Crippen LogP contribution < -0.4 is 5.32 Å². The third-order valence-electron chi connectivity index (χ3n) is 3.75. The molecule has 0 saturated carbocycles. The molecule has 21 heavy (non-hydrogen) atoms. The fourth-order valence-electron chi connectivity index (χ4n) is 2.48. The standard InChI is InChI=1S/C18H21N3/c1-15(10-11-16-7-3-2-4-8-16)19-13-17-14-21-12-6-5-9-18(21)20-17/h2-9,12,14-15,19H,10-11,13H2,1H3. The van der Waals surface area contributed by atoms with Crippen molar-refractivity contribution in [2.75, 3.05) is 0 Å². The van der Waals surface area contributed by atoms with E-state index < -0.39 is 0 Å². The molecule has 3 heteroatoms. The Morgan fingerprint density at radius 1 is 1.10 bits per heavy atom. The third kappa shape index (κ3) is 3.70. The molecule has 3 aromatic rings. The SMILES string of the molecule is CC(CCc1ccccc1)NCc1cn2ccccc2n1. The minimum atomic E-state index is 0.481. The number of aryl methyl sites for hydroxylation is 1. The van der Waals surface area contributed by atoms with Crippen molar-refractivity contribution >= 4 is 5.65 Å². The molecule has 3 rings (SSSR count). The highest BCUT2D eigenvalue weighted by atomic mass is 15.0. The maximum Gasteiger partial charge on any atom is 0.137 e. The van der Waals surface area contributed by atoms with Crippen LogP contribution >= 0.6 is 0 Å². The van der Waals surface area contributed by atoms with Crippen LogP contribution in [-0.2, 0) is 13.0 Å². The first-order valence-electron chi connectivity index (χ1n) is 7.51. The Labute approximate surface area is 125 Å². The fraction of sp³-hybridized carbons (Fsp3) is 0.278. The Morgan fingerprint density at radius 2 is 1.90 bits per heavy atom. The molecule has 0 aliphatic carbocycles. The van der Waals surface area contributed by atoms with E-state index >= 15 is 0 Å². The summed E-state index contributed by atoms with van der Waals surface area (Å²) in [5, 5.41) is 3.55. The first-order valence-corrected chi connectivity index (χ1v) is 7.51. The summed E-state index contributed by atoms with van der Waals surface area (Å²) in [7, 11) is 0. The monoisotopic (exact) mass is 279 g/mol. The molecule has 1 unspecified atom stereocenters. The number of hydrogen-bond donors (Lipinski definition) is 1. The molecule has 2 aromatic heterocycles. The highest BCUT2D eigenvalue weighted by Gasteiger charge is 2.05. The lowest BCUT2D eigenvalue weighted by molar-refractivity contribution is 0.510. The zero-order chi connectivity index (χ0) is 14.5. The molecule has 0 amide bonds. The Bertz CT molecular complexity index is 655. The van der Waals surface area contributed by atoms with Crippen LogP contribution in [0.15, 0.2) is 60.9 Å². The van der Waals surface area contributed by atoms with Gasteiger partial charge in [0.1, 0.15) is 5.65 Å². The van der Waals surface area contributed by atoms with Gasteiger partial charge < -0.3 is 9.72 Å². The summed E-state index contributed by atoms with van der Waals surface area (Å²) < 4.78 is 2.06. The average molecular weight is 279 g/mol. The summed E-state index contributed by atoms with van der Waals surface area (Å²) in [5.41, 5.74) is 3.50. The van der Waals surface area contributed by atoms with Crippen molar-refractivity contribution in [3.63, 3.8) is 0 Å². The van der Waals surface area contributed by atoms with E-state index in [1.54, 1.807) is 0 Å². The van der Waals surface area contributed by atoms with Gasteiger partial charge in [-0.15, -0.1) is 0 Å². The minimum Gasteiger partial charge on any atom is -0.309 e. The highest BCUT2D eigenvalue weighted by Crippen LogP contribution is 2.07. The topological polar surface area (TPSA) is 29.3 Å². The molecule has 0 fully saturated rings. The van der Waals surface area contributed by atoms with Crippen LogP contribution in [0.5, 0.6) is 0 Å². The summed E-state index contributed by atoms with van der Waals surface area (Å²) in [6, 6.07) is 17.2. The summed E-state index contributed by atoms with van der Waals surface area (Å²) in [5.74, 6) is 0. The van der Waals surface area contributed by atoms with Crippen molar-refractivity contribution in [3.05, 3.63) is 72.2 Å². The fourth-order valence-corrected chi connectivity index (χ4v) is 2.48. The molecule has 108 valence electrons. The molecule has 0 spiro atoms. The summed E-state index contributed by atoms with van der Waals surface area (Å²) in [4.78, 5) is 4.60. The molecule has 0 saturated heterocycles. The van der Waals surface area contributed by atoms with E-state index in [4.69, 9.17) is 0 Å². The van der Waals surface area contributed by atoms with Gasteiger partial charge in [0.25, 0.3) is 0 Å². The van der Waals surface area contributed by atoms with Gasteiger partial charge in [-0.25, -0.2) is 4.98 Å². The van der Waals surface area contributed by atoms with Crippen molar-refractivity contribution in [1.29, 1.82) is 0 Å². The van der Waals surface area contributed by atoms with Crippen molar-refractivity contribution < 1.29 is 0 Å². The molecule has 2 heterocycles. The lowest BCUT2D eigenvalue weighted by Gasteiger charge is -2.12. The number of rotatable bonds is 6. The Morgan fingerprint density at radius 3 is 2.71 bits per heavy atom. The molecule has 1 aromatic carbocycles. The van der Waals surface area contributed by atoms with Crippen LogP contribution in [0.4, 0.5) is 0 Å². The zero-order valence-electron chi connectivity index (χ0n) is 12.4. The van der Waals surface area contributed by atoms with Gasteiger partial charge in [0.2, 0.25) is 0 Å². The smallest absolute Gasteiger partial charge is 0.137 e. The van der Waals surface area contributed by atoms with Gasteiger partial charge in [-0.3, -0.25) is 0 Å². The van der Waals surface area contributed by atoms with E-state index in [0.717, 1.165) is 30.7 Å². The van der Waals surface area contributed by atoms with Crippen LogP contribution in [0.1, 0.15) is 24.6 Å². The van der Waals surface area contributed by atoms with Gasteiger partial charge in [0.05, 0.1) is 5.69 Å². The van der Waals surface area contributed by atoms with E-state index in [1.807, 2.05) is 24.4 Å². The van der Waals surface area contributed by atoms with E-state index in [9.17, 15) is 0 Å². The normalized spacial score (nSPS) is 12.6. The Kier molecular flexibility index (Phi) is 4.31. The minimum absolute atomic E-state index is 0.481. The second-order valence-electron chi connectivity index (χ2n) is 5.50. The lowest BCUT2D eigenvalue weighted by atomic mass is 10.1. The van der Waals surface area contributed by atoms with Crippen LogP contribution in [0, 0.1) is 0 Å². The summed E-state index contributed by atoms with van der Waals surface area (Å²) in [6.07, 6.45) is 6.37. The molecular weight excluding hydrogens is 258 g/mol. The van der Waals surface area contributed by atoms with Crippen molar-refractivity contribution in [2.45, 2.75) is 32.4 Å². The van der Waals surface area contributed by atoms with Crippen molar-refractivity contribution in [2.24, 2.45) is 0 Å². The first kappa shape index (κ1) is 13.8. The van der Waals surface area contributed by atoms with Gasteiger partial charge in [-0.2, -0.15) is 0 Å². The highest BCUT2D eigenvalue weighted by molar-refractivity contribution is 5.39. The van der Waals surface area contributed by atoms with Crippen LogP contribution in [0.3, 0.4) is 0 Å². The maximum absolute atomic E-state index is 4.60. The van der Waals surface area contributed by atoms with Crippen LogP contribution in [-0.4, -0.2) is 15.4 Å². The third-order valence-corrected chi connectivity index (χ3v) is 3.75. The number of pyridine rings is 1. The second-order valence-corrected chi connectivity index (χ2v) is 5.50. The largest absolute Gasteiger partial charge is 0.309 e. The predicted molar refractivity (Wildman–Crippen MR) is 86.3 cm³/mol. The van der Waals surface area contributed by atoms with Gasteiger partial charge in [-0.1, -0.05) is 36.4 Å². The number of nitrogens with zero attached hydrogens (tertiary/aromatic N) is 2. The Balaban J connectivity index is 1.50. The quantitative estimate of drug-likeness (QED) is 0.749. The average Bonchev–Trinajstić information content (AvgIpc) is 2.95. The molecule has 1 N–H and O–H groups in total. The number of imidazole rings is 1. The van der Waals surface area contributed by atoms with Crippen molar-refractivity contribution in [1.82, 2.24) is 14.7 Å². The number of fused-ring (bicyclic) bond motifs is 1. The predicted octanol–water partition coefficient (Wildman–Crippen LogP) is 3.45. The molecule has 0 bridgehead atoms. The molecule has 3 nitrogen and oxygen atoms in total. The number of nitrogens with one attached hydrogen (secondary N) is 1. The number of hydrogen-bond acceptors (Lipinski definition) is 2. The first-order chi connectivity index (χ1) is 10.3. The van der Waals surface area contributed by atoms with E-state index in [0.29, 0.717) is 6.04 Å². The van der Waals surface area contributed by atoms with E-state index in [2.05, 4.69) is 58.2 Å². The molecule has 0 aliphatic rings. The van der Waals surface area contributed by atoms with Crippen LogP contribution in [0.2, 0.25) is 0 Å². The molecule has 0 radical (unpaired) electrons. The number of benzene rings is 1. The zero-order valence-corrected chi connectivity index (χ0v) is 12.4. The molecule has 0 aliphatic heterocycles. The summed E-state index contributed by atoms with van der Waals surface area (Å²) in [6.45, 7) is 3.05. The Hall–Kier alpha value is -2.13. The number of aromatic nitrogens is 2. The second kappa shape index (κ2) is 6.55. The lowest BCUT2D eigenvalue weighted by Crippen LogP contribution is -2.26. The molecule has 1 atom stereocenters. The van der Waals surface area contributed by atoms with Gasteiger partial charge in [0.15, 0.2) is 0 Å². The maximum atomic E-state index is 4.60. The van der Waals surface area contributed by atoms with E-state index in [-0.39, 0.29) is 0 Å². The van der Waals surface area contributed by atoms with Crippen molar-refractivity contribution in [3.8, 4) is 0 Å².